The third-order valence-corrected chi connectivity index (χ3v) is 3.22. The van der Waals surface area contributed by atoms with Crippen LogP contribution in [0, 0.1) is 0 Å². The highest BCUT2D eigenvalue weighted by Crippen LogP contribution is 2.23. The molecule has 0 saturated heterocycles. The Morgan fingerprint density at radius 3 is 1.32 bits per heavy atom. The molecule has 22 heavy (non-hydrogen) atoms. The molecule has 0 aliphatic rings. The van der Waals surface area contributed by atoms with Gasteiger partial charge in [-0.05, 0) is 48.5 Å². The first kappa shape index (κ1) is 13.9. The highest BCUT2D eigenvalue weighted by molar-refractivity contribution is 5.47. The fourth-order valence-corrected chi connectivity index (χ4v) is 1.92. The quantitative estimate of drug-likeness (QED) is 0.594. The van der Waals surface area contributed by atoms with E-state index in [-0.39, 0.29) is 0 Å². The number of azo groups is 2. The van der Waals surface area contributed by atoms with Crippen LogP contribution in [0.5, 0.6) is 0 Å². The highest BCUT2D eigenvalue weighted by atomic mass is 15.2. The summed E-state index contributed by atoms with van der Waals surface area (Å²) in [6.07, 6.45) is 3.86. The first-order valence-corrected chi connectivity index (χ1v) is 6.88. The van der Waals surface area contributed by atoms with Crippen LogP contribution in [0.1, 0.15) is 0 Å². The Hall–Kier alpha value is -3.02. The number of nitrogens with zero attached hydrogens (tertiary/aromatic N) is 6. The van der Waals surface area contributed by atoms with E-state index in [9.17, 15) is 0 Å². The fourth-order valence-electron chi connectivity index (χ4n) is 1.92. The molecule has 2 heterocycles. The number of hydrogen-bond acceptors (Lipinski definition) is 4. The minimum Gasteiger partial charge on any atom is -0.335 e. The molecule has 0 saturated carbocycles. The van der Waals surface area contributed by atoms with Gasteiger partial charge in [-0.1, -0.05) is 0 Å². The van der Waals surface area contributed by atoms with Crippen molar-refractivity contribution in [2.45, 2.75) is 0 Å². The fraction of sp³-hybridized carbons (Fsp3) is 0.125. The van der Waals surface area contributed by atoms with E-state index < -0.39 is 0 Å². The van der Waals surface area contributed by atoms with Gasteiger partial charge in [0, 0.05) is 26.5 Å². The lowest BCUT2D eigenvalue weighted by atomic mass is 10.3. The standard InChI is InChI=1S/C16H16N6/c1-21-11-3-5-15(21)19-17-13-7-9-14(10-8-13)18-20-16-6-4-12-22(16)2/h3-12H,1-2H3. The zero-order chi connectivity index (χ0) is 15.4. The van der Waals surface area contributed by atoms with Gasteiger partial charge >= 0.3 is 0 Å². The van der Waals surface area contributed by atoms with Crippen molar-refractivity contribution in [1.29, 1.82) is 0 Å². The van der Waals surface area contributed by atoms with Crippen LogP contribution in [-0.2, 0) is 14.1 Å². The topological polar surface area (TPSA) is 59.3 Å². The van der Waals surface area contributed by atoms with Gasteiger partial charge in [-0.2, -0.15) is 0 Å². The van der Waals surface area contributed by atoms with Crippen LogP contribution in [0.15, 0.2) is 81.4 Å². The molecule has 0 aliphatic carbocycles. The molecule has 0 atom stereocenters. The van der Waals surface area contributed by atoms with Crippen molar-refractivity contribution in [2.75, 3.05) is 0 Å². The average Bonchev–Trinajstić information content (AvgIpc) is 3.12. The molecule has 3 rings (SSSR count). The van der Waals surface area contributed by atoms with Crippen molar-refractivity contribution >= 4 is 23.0 Å². The first-order chi connectivity index (χ1) is 10.7. The molecule has 0 radical (unpaired) electrons. The van der Waals surface area contributed by atoms with E-state index in [0.717, 1.165) is 23.0 Å². The van der Waals surface area contributed by atoms with Crippen LogP contribution < -0.4 is 0 Å². The SMILES string of the molecule is Cn1cccc1N=Nc1ccc(N=Nc2cccn2C)cc1. The molecule has 0 amide bonds. The Morgan fingerprint density at radius 2 is 1.00 bits per heavy atom. The molecule has 2 aromatic heterocycles. The van der Waals surface area contributed by atoms with Crippen LogP contribution >= 0.6 is 0 Å². The Morgan fingerprint density at radius 1 is 0.591 bits per heavy atom. The third kappa shape index (κ3) is 3.17. The molecule has 0 aliphatic heterocycles. The van der Waals surface area contributed by atoms with Crippen molar-refractivity contribution in [2.24, 2.45) is 34.6 Å². The van der Waals surface area contributed by atoms with Crippen molar-refractivity contribution in [1.82, 2.24) is 9.13 Å². The first-order valence-electron chi connectivity index (χ1n) is 6.88. The Kier molecular flexibility index (Phi) is 3.91. The number of rotatable bonds is 4. The van der Waals surface area contributed by atoms with E-state index in [4.69, 9.17) is 0 Å². The van der Waals surface area contributed by atoms with Gasteiger partial charge in [-0.25, -0.2) is 0 Å². The lowest BCUT2D eigenvalue weighted by molar-refractivity contribution is 0.909. The molecule has 6 nitrogen and oxygen atoms in total. The monoisotopic (exact) mass is 292 g/mol. The number of aromatic nitrogens is 2. The number of aryl methyl sites for hydroxylation is 2. The van der Waals surface area contributed by atoms with Gasteiger partial charge in [0.25, 0.3) is 0 Å². The van der Waals surface area contributed by atoms with Crippen molar-refractivity contribution in [3.05, 3.63) is 60.9 Å². The summed E-state index contributed by atoms with van der Waals surface area (Å²) in [5.74, 6) is 1.62. The van der Waals surface area contributed by atoms with Crippen LogP contribution in [0.2, 0.25) is 0 Å². The molecule has 0 unspecified atom stereocenters. The smallest absolute Gasteiger partial charge is 0.154 e. The molecule has 3 aromatic rings. The van der Waals surface area contributed by atoms with Gasteiger partial charge in [0.05, 0.1) is 11.4 Å². The Balaban J connectivity index is 1.70. The second-order valence-corrected chi connectivity index (χ2v) is 4.87. The molecule has 0 bridgehead atoms. The molecule has 0 N–H and O–H groups in total. The minimum atomic E-state index is 0.777. The lowest BCUT2D eigenvalue weighted by Crippen LogP contribution is -1.80. The average molecular weight is 292 g/mol. The maximum absolute atomic E-state index is 4.20. The summed E-state index contributed by atoms with van der Waals surface area (Å²) >= 11 is 0. The summed E-state index contributed by atoms with van der Waals surface area (Å²) in [5.41, 5.74) is 1.55. The van der Waals surface area contributed by atoms with Crippen LogP contribution in [0.4, 0.5) is 23.0 Å². The van der Waals surface area contributed by atoms with Crippen LogP contribution in [0.25, 0.3) is 0 Å². The van der Waals surface area contributed by atoms with E-state index in [1.165, 1.54) is 0 Å². The van der Waals surface area contributed by atoms with E-state index >= 15 is 0 Å². The molecule has 6 heteroatoms. The summed E-state index contributed by atoms with van der Waals surface area (Å²) in [6, 6.07) is 15.1. The molecule has 0 fully saturated rings. The maximum Gasteiger partial charge on any atom is 0.154 e. The van der Waals surface area contributed by atoms with Crippen molar-refractivity contribution in [3.8, 4) is 0 Å². The van der Waals surface area contributed by atoms with Crippen molar-refractivity contribution in [3.63, 3.8) is 0 Å². The van der Waals surface area contributed by atoms with Gasteiger partial charge in [0.2, 0.25) is 0 Å². The Bertz CT molecular complexity index is 738. The van der Waals surface area contributed by atoms with E-state index in [1.807, 2.05) is 84.2 Å². The summed E-state index contributed by atoms with van der Waals surface area (Å²) < 4.78 is 3.82. The van der Waals surface area contributed by atoms with Gasteiger partial charge in [0.15, 0.2) is 11.6 Å². The summed E-state index contributed by atoms with van der Waals surface area (Å²) in [4.78, 5) is 0. The summed E-state index contributed by atoms with van der Waals surface area (Å²) in [7, 11) is 3.86. The third-order valence-electron chi connectivity index (χ3n) is 3.22. The second-order valence-electron chi connectivity index (χ2n) is 4.87. The van der Waals surface area contributed by atoms with E-state index in [0.29, 0.717) is 0 Å². The second kappa shape index (κ2) is 6.17. The molecule has 110 valence electrons. The largest absolute Gasteiger partial charge is 0.335 e. The molecular formula is C16H16N6. The zero-order valence-corrected chi connectivity index (χ0v) is 12.5. The summed E-state index contributed by atoms with van der Waals surface area (Å²) in [5, 5.41) is 16.8. The molecule has 0 spiro atoms. The lowest BCUT2D eigenvalue weighted by Gasteiger charge is -1.97. The van der Waals surface area contributed by atoms with Gasteiger partial charge < -0.3 is 9.13 Å². The van der Waals surface area contributed by atoms with Crippen LogP contribution in [-0.4, -0.2) is 9.13 Å². The maximum atomic E-state index is 4.20. The predicted octanol–water partition coefficient (Wildman–Crippen LogP) is 5.19. The van der Waals surface area contributed by atoms with Gasteiger partial charge in [-0.15, -0.1) is 20.5 Å². The number of hydrogen-bond donors (Lipinski definition) is 0. The molecular weight excluding hydrogens is 276 g/mol. The normalized spacial score (nSPS) is 11.7. The predicted molar refractivity (Wildman–Crippen MR) is 85.6 cm³/mol. The van der Waals surface area contributed by atoms with Gasteiger partial charge in [-0.3, -0.25) is 0 Å². The zero-order valence-electron chi connectivity index (χ0n) is 12.5. The number of benzene rings is 1. The van der Waals surface area contributed by atoms with E-state index in [2.05, 4.69) is 20.5 Å². The van der Waals surface area contributed by atoms with Crippen molar-refractivity contribution < 1.29 is 0 Å². The van der Waals surface area contributed by atoms with Gasteiger partial charge in [0.1, 0.15) is 0 Å². The highest BCUT2D eigenvalue weighted by Gasteiger charge is 1.96. The minimum absolute atomic E-state index is 0.777. The summed E-state index contributed by atoms with van der Waals surface area (Å²) in [6.45, 7) is 0. The Labute approximate surface area is 128 Å². The van der Waals surface area contributed by atoms with Crippen LogP contribution in [0.3, 0.4) is 0 Å². The molecule has 1 aromatic carbocycles. The van der Waals surface area contributed by atoms with E-state index in [1.54, 1.807) is 0 Å².